The molecule has 0 saturated carbocycles. The fourth-order valence-electron chi connectivity index (χ4n) is 4.23. The van der Waals surface area contributed by atoms with Gasteiger partial charge in [0.05, 0.1) is 5.56 Å². The Bertz CT molecular complexity index is 1380. The molecule has 0 aliphatic heterocycles. The van der Waals surface area contributed by atoms with Crippen molar-refractivity contribution in [1.82, 2.24) is 0 Å². The van der Waals surface area contributed by atoms with E-state index in [0.717, 1.165) is 36.8 Å². The van der Waals surface area contributed by atoms with Crippen molar-refractivity contribution in [2.45, 2.75) is 46.0 Å². The third-order valence-electron chi connectivity index (χ3n) is 6.36. The Morgan fingerprint density at radius 1 is 0.703 bits per heavy atom. The highest BCUT2D eigenvalue weighted by Gasteiger charge is 2.19. The Kier molecular flexibility index (Phi) is 8.44. The lowest BCUT2D eigenvalue weighted by atomic mass is 10.00. The predicted octanol–water partition coefficient (Wildman–Crippen LogP) is 8.95. The van der Waals surface area contributed by atoms with Gasteiger partial charge in [-0.05, 0) is 77.4 Å². The van der Waals surface area contributed by atoms with E-state index in [4.69, 9.17) is 4.74 Å². The molecule has 5 heteroatoms. The number of hydrogen-bond acceptors (Lipinski definition) is 2. The van der Waals surface area contributed by atoms with Crippen LogP contribution in [0.5, 0.6) is 5.75 Å². The lowest BCUT2D eigenvalue weighted by Gasteiger charge is -2.11. The smallest absolute Gasteiger partial charge is 0.343 e. The number of benzene rings is 4. The van der Waals surface area contributed by atoms with Crippen molar-refractivity contribution >= 4 is 5.97 Å². The Morgan fingerprint density at radius 2 is 1.38 bits per heavy atom. The van der Waals surface area contributed by atoms with Gasteiger partial charge >= 0.3 is 5.97 Å². The van der Waals surface area contributed by atoms with Gasteiger partial charge in [-0.3, -0.25) is 0 Å². The maximum atomic E-state index is 14.8. The van der Waals surface area contributed by atoms with E-state index in [-0.39, 0.29) is 16.9 Å². The monoisotopic (exact) mass is 502 g/mol. The molecule has 0 aliphatic carbocycles. The van der Waals surface area contributed by atoms with Crippen LogP contribution in [-0.4, -0.2) is 5.97 Å². The number of aryl methyl sites for hydroxylation is 2. The van der Waals surface area contributed by atoms with Crippen LogP contribution in [0.4, 0.5) is 13.2 Å². The maximum Gasteiger partial charge on any atom is 0.343 e. The van der Waals surface area contributed by atoms with Gasteiger partial charge in [0.1, 0.15) is 5.82 Å². The van der Waals surface area contributed by atoms with E-state index < -0.39 is 23.4 Å². The largest absolute Gasteiger partial charge is 0.420 e. The zero-order valence-electron chi connectivity index (χ0n) is 21.0. The zero-order valence-corrected chi connectivity index (χ0v) is 21.0. The molecule has 2 nitrogen and oxygen atoms in total. The molecular formula is C32H29F3O2. The summed E-state index contributed by atoms with van der Waals surface area (Å²) < 4.78 is 49.2. The number of rotatable bonds is 9. The van der Waals surface area contributed by atoms with Crippen LogP contribution in [0.2, 0.25) is 0 Å². The lowest BCUT2D eigenvalue weighted by molar-refractivity contribution is 0.0727. The molecule has 0 saturated heterocycles. The number of carbonyl (C=O) groups excluding carboxylic acids is 1. The van der Waals surface area contributed by atoms with E-state index in [1.165, 1.54) is 30.3 Å². The summed E-state index contributed by atoms with van der Waals surface area (Å²) in [6.07, 6.45) is 4.51. The minimum Gasteiger partial charge on any atom is -0.420 e. The van der Waals surface area contributed by atoms with Crippen molar-refractivity contribution < 1.29 is 22.7 Å². The first-order valence-electron chi connectivity index (χ1n) is 12.6. The molecule has 0 atom stereocenters. The van der Waals surface area contributed by atoms with Crippen LogP contribution < -0.4 is 4.74 Å². The number of ether oxygens (including phenoxy) is 1. The third kappa shape index (κ3) is 6.11. The molecule has 0 unspecified atom stereocenters. The van der Waals surface area contributed by atoms with Gasteiger partial charge in [0.2, 0.25) is 5.82 Å². The van der Waals surface area contributed by atoms with Crippen LogP contribution in [0.1, 0.15) is 54.6 Å². The molecule has 190 valence electrons. The van der Waals surface area contributed by atoms with Crippen LogP contribution in [0.15, 0.2) is 78.9 Å². The normalized spacial score (nSPS) is 10.9. The molecule has 0 bridgehead atoms. The number of hydrogen-bond donors (Lipinski definition) is 0. The average molecular weight is 503 g/mol. The Hall–Kier alpha value is -3.86. The number of halogens is 3. The predicted molar refractivity (Wildman–Crippen MR) is 141 cm³/mol. The number of carbonyl (C=O) groups is 1. The van der Waals surface area contributed by atoms with Crippen LogP contribution >= 0.6 is 0 Å². The molecule has 0 N–H and O–H groups in total. The molecule has 0 spiro atoms. The quantitative estimate of drug-likeness (QED) is 0.169. The number of esters is 1. The summed E-state index contributed by atoms with van der Waals surface area (Å²) in [4.78, 5) is 12.6. The highest BCUT2D eigenvalue weighted by Crippen LogP contribution is 2.31. The van der Waals surface area contributed by atoms with Crippen molar-refractivity contribution in [2.75, 3.05) is 0 Å². The van der Waals surface area contributed by atoms with Crippen molar-refractivity contribution in [3.8, 4) is 28.0 Å². The van der Waals surface area contributed by atoms with Gasteiger partial charge in [-0.15, -0.1) is 0 Å². The third-order valence-corrected chi connectivity index (χ3v) is 6.36. The summed E-state index contributed by atoms with van der Waals surface area (Å²) in [5.74, 6) is -3.86. The molecular weight excluding hydrogens is 473 g/mol. The molecule has 4 rings (SSSR count). The van der Waals surface area contributed by atoms with Gasteiger partial charge in [0.15, 0.2) is 11.6 Å². The van der Waals surface area contributed by atoms with E-state index >= 15 is 0 Å². The molecule has 4 aromatic carbocycles. The molecule has 0 aromatic heterocycles. The lowest BCUT2D eigenvalue weighted by Crippen LogP contribution is -2.10. The molecule has 0 fully saturated rings. The molecule has 4 aromatic rings. The van der Waals surface area contributed by atoms with E-state index in [0.29, 0.717) is 23.1 Å². The summed E-state index contributed by atoms with van der Waals surface area (Å²) in [6, 6.07) is 21.4. The molecule has 37 heavy (non-hydrogen) atoms. The second-order valence-corrected chi connectivity index (χ2v) is 9.06. The van der Waals surface area contributed by atoms with Gasteiger partial charge in [-0.1, -0.05) is 75.2 Å². The average Bonchev–Trinajstić information content (AvgIpc) is 2.91. The fraction of sp³-hybridized carbons (Fsp3) is 0.219. The standard InChI is InChI=1S/C32H29F3O2/c1-3-5-7-24-14-17-26(20-28(24)33)22-12-15-25(16-13-22)32(36)37-29-19-18-27(30(34)31(29)35)23-10-8-21(6-4-2)9-11-23/h8-20H,3-7H2,1-2H3. The van der Waals surface area contributed by atoms with Gasteiger partial charge in [-0.2, -0.15) is 4.39 Å². The summed E-state index contributed by atoms with van der Waals surface area (Å²) in [6.45, 7) is 4.14. The van der Waals surface area contributed by atoms with Crippen LogP contribution in [0.3, 0.4) is 0 Å². The summed E-state index contributed by atoms with van der Waals surface area (Å²) in [5, 5.41) is 0. The van der Waals surface area contributed by atoms with E-state index in [1.54, 1.807) is 30.3 Å². The number of unbranched alkanes of at least 4 members (excludes halogenated alkanes) is 1. The molecule has 0 amide bonds. The summed E-state index contributed by atoms with van der Waals surface area (Å²) in [7, 11) is 0. The van der Waals surface area contributed by atoms with Crippen molar-refractivity contribution in [3.63, 3.8) is 0 Å². The van der Waals surface area contributed by atoms with E-state index in [9.17, 15) is 18.0 Å². The second kappa shape index (κ2) is 11.9. The first kappa shape index (κ1) is 26.2. The van der Waals surface area contributed by atoms with E-state index in [1.807, 2.05) is 18.2 Å². The van der Waals surface area contributed by atoms with Crippen LogP contribution in [0, 0.1) is 17.5 Å². The Labute approximate surface area is 215 Å². The molecule has 0 heterocycles. The Balaban J connectivity index is 1.47. The van der Waals surface area contributed by atoms with Gasteiger partial charge in [0.25, 0.3) is 0 Å². The maximum absolute atomic E-state index is 14.8. The molecule has 0 aliphatic rings. The van der Waals surface area contributed by atoms with Gasteiger partial charge in [0, 0.05) is 5.56 Å². The van der Waals surface area contributed by atoms with Gasteiger partial charge < -0.3 is 4.74 Å². The summed E-state index contributed by atoms with van der Waals surface area (Å²) in [5.41, 5.74) is 4.02. The minimum absolute atomic E-state index is 0.0950. The first-order valence-corrected chi connectivity index (χ1v) is 12.6. The Morgan fingerprint density at radius 3 is 2.03 bits per heavy atom. The van der Waals surface area contributed by atoms with Crippen LogP contribution in [0.25, 0.3) is 22.3 Å². The van der Waals surface area contributed by atoms with Crippen LogP contribution in [-0.2, 0) is 12.8 Å². The minimum atomic E-state index is -1.22. The van der Waals surface area contributed by atoms with E-state index in [2.05, 4.69) is 13.8 Å². The van der Waals surface area contributed by atoms with Gasteiger partial charge in [-0.25, -0.2) is 13.6 Å². The second-order valence-electron chi connectivity index (χ2n) is 9.06. The molecule has 0 radical (unpaired) electrons. The first-order chi connectivity index (χ1) is 17.9. The highest BCUT2D eigenvalue weighted by molar-refractivity contribution is 5.91. The van der Waals surface area contributed by atoms with Crippen molar-refractivity contribution in [3.05, 3.63) is 113 Å². The summed E-state index contributed by atoms with van der Waals surface area (Å²) >= 11 is 0. The topological polar surface area (TPSA) is 26.3 Å². The highest BCUT2D eigenvalue weighted by atomic mass is 19.2. The van der Waals surface area contributed by atoms with Crippen molar-refractivity contribution in [1.29, 1.82) is 0 Å². The van der Waals surface area contributed by atoms with Crippen molar-refractivity contribution in [2.24, 2.45) is 0 Å². The zero-order chi connectivity index (χ0) is 26.4. The SMILES string of the molecule is CCCCc1ccc(-c2ccc(C(=O)Oc3ccc(-c4ccc(CCC)cc4)c(F)c3F)cc2)cc1F. The fourth-order valence-corrected chi connectivity index (χ4v) is 4.23.